The molecule has 3 fully saturated rings. The molecular weight excluding hydrogens is 361 g/mol. The van der Waals surface area contributed by atoms with E-state index >= 15 is 0 Å². The van der Waals surface area contributed by atoms with Gasteiger partial charge in [-0.25, -0.2) is 4.39 Å². The standard InChI is InChI=1S/C23H34FNO.ClH/c24-21-6-8-22(9-7-21)26-17-3-14-25-15-12-23(13-16-25)11-10-19-4-1-2-5-20(19)18-23;/h6-9,19-20H,1-5,10-18H2;1H/t19-,20-;/m1./s1. The van der Waals surface area contributed by atoms with Gasteiger partial charge in [-0.3, -0.25) is 0 Å². The third-order valence-electron chi connectivity index (χ3n) is 7.42. The summed E-state index contributed by atoms with van der Waals surface area (Å²) in [5.74, 6) is 2.68. The van der Waals surface area contributed by atoms with Crippen molar-refractivity contribution in [2.75, 3.05) is 26.2 Å². The summed E-state index contributed by atoms with van der Waals surface area (Å²) in [6, 6.07) is 6.34. The largest absolute Gasteiger partial charge is 0.494 e. The minimum atomic E-state index is -0.207. The van der Waals surface area contributed by atoms with Crippen LogP contribution in [0.25, 0.3) is 0 Å². The molecule has 0 radical (unpaired) electrons. The topological polar surface area (TPSA) is 12.5 Å². The molecule has 0 bridgehead atoms. The third kappa shape index (κ3) is 5.38. The van der Waals surface area contributed by atoms with Gasteiger partial charge >= 0.3 is 0 Å². The fraction of sp³-hybridized carbons (Fsp3) is 0.739. The summed E-state index contributed by atoms with van der Waals surface area (Å²) >= 11 is 0. The highest BCUT2D eigenvalue weighted by molar-refractivity contribution is 5.85. The summed E-state index contributed by atoms with van der Waals surface area (Å²) in [7, 11) is 0. The van der Waals surface area contributed by atoms with Crippen molar-refractivity contribution in [1.29, 1.82) is 0 Å². The quantitative estimate of drug-likeness (QED) is 0.559. The number of ether oxygens (including phenoxy) is 1. The molecular formula is C23H35ClFNO. The predicted octanol–water partition coefficient (Wildman–Crippen LogP) is 6.09. The van der Waals surface area contributed by atoms with Crippen LogP contribution in [0.1, 0.15) is 64.2 Å². The first-order chi connectivity index (χ1) is 12.7. The average Bonchev–Trinajstić information content (AvgIpc) is 2.68. The fourth-order valence-corrected chi connectivity index (χ4v) is 5.80. The summed E-state index contributed by atoms with van der Waals surface area (Å²) in [6.07, 6.45) is 14.4. The van der Waals surface area contributed by atoms with E-state index in [9.17, 15) is 4.39 Å². The second-order valence-electron chi connectivity index (χ2n) is 9.04. The Kier molecular flexibility index (Phi) is 7.44. The number of benzene rings is 1. The lowest BCUT2D eigenvalue weighted by atomic mass is 9.58. The fourth-order valence-electron chi connectivity index (χ4n) is 5.80. The Balaban J connectivity index is 0.00000210. The van der Waals surface area contributed by atoms with Crippen LogP contribution in [0.4, 0.5) is 4.39 Å². The second-order valence-corrected chi connectivity index (χ2v) is 9.04. The SMILES string of the molecule is Cl.Fc1ccc(OCCCN2CCC3(CC[C@H]4CCCC[C@@H]4C3)CC2)cc1. The van der Waals surface area contributed by atoms with Gasteiger partial charge in [-0.1, -0.05) is 25.7 Å². The van der Waals surface area contributed by atoms with Crippen molar-refractivity contribution >= 4 is 12.4 Å². The van der Waals surface area contributed by atoms with Crippen LogP contribution in [0.3, 0.4) is 0 Å². The van der Waals surface area contributed by atoms with Crippen LogP contribution >= 0.6 is 12.4 Å². The molecule has 2 nitrogen and oxygen atoms in total. The van der Waals surface area contributed by atoms with Crippen LogP contribution in [0.5, 0.6) is 5.75 Å². The second kappa shape index (κ2) is 9.60. The minimum absolute atomic E-state index is 0. The van der Waals surface area contributed by atoms with E-state index in [1.807, 2.05) is 0 Å². The predicted molar refractivity (Wildman–Crippen MR) is 111 cm³/mol. The summed E-state index contributed by atoms with van der Waals surface area (Å²) in [4.78, 5) is 2.63. The molecule has 2 atom stereocenters. The number of nitrogens with zero attached hydrogens (tertiary/aromatic N) is 1. The zero-order valence-electron chi connectivity index (χ0n) is 16.5. The smallest absolute Gasteiger partial charge is 0.123 e. The van der Waals surface area contributed by atoms with Gasteiger partial charge in [0.15, 0.2) is 0 Å². The molecule has 1 spiro atoms. The monoisotopic (exact) mass is 395 g/mol. The third-order valence-corrected chi connectivity index (χ3v) is 7.42. The Labute approximate surface area is 170 Å². The average molecular weight is 396 g/mol. The molecule has 1 aliphatic heterocycles. The van der Waals surface area contributed by atoms with Gasteiger partial charge in [0.05, 0.1) is 6.61 Å². The van der Waals surface area contributed by atoms with Gasteiger partial charge in [0.1, 0.15) is 11.6 Å². The number of halogens is 2. The molecule has 0 unspecified atom stereocenters. The van der Waals surface area contributed by atoms with Crippen LogP contribution < -0.4 is 4.74 Å². The van der Waals surface area contributed by atoms with Crippen molar-refractivity contribution in [3.05, 3.63) is 30.1 Å². The Morgan fingerprint density at radius 3 is 2.41 bits per heavy atom. The van der Waals surface area contributed by atoms with E-state index in [1.54, 1.807) is 12.1 Å². The normalized spacial score (nSPS) is 27.6. The van der Waals surface area contributed by atoms with Gasteiger partial charge in [0.25, 0.3) is 0 Å². The molecule has 0 amide bonds. The number of piperidine rings is 1. The number of rotatable bonds is 5. The number of hydrogen-bond acceptors (Lipinski definition) is 2. The first-order valence-electron chi connectivity index (χ1n) is 10.8. The first-order valence-corrected chi connectivity index (χ1v) is 10.8. The van der Waals surface area contributed by atoms with Crippen molar-refractivity contribution in [1.82, 2.24) is 4.90 Å². The zero-order chi connectivity index (χ0) is 17.8. The summed E-state index contributed by atoms with van der Waals surface area (Å²) in [5, 5.41) is 0. The van der Waals surface area contributed by atoms with Crippen LogP contribution in [-0.4, -0.2) is 31.1 Å². The van der Waals surface area contributed by atoms with Crippen LogP contribution in [-0.2, 0) is 0 Å². The van der Waals surface area contributed by atoms with Gasteiger partial charge in [0.2, 0.25) is 0 Å². The molecule has 2 aliphatic carbocycles. The lowest BCUT2D eigenvalue weighted by molar-refractivity contribution is 0.00557. The van der Waals surface area contributed by atoms with E-state index in [2.05, 4.69) is 4.90 Å². The van der Waals surface area contributed by atoms with Gasteiger partial charge in [-0.2, -0.15) is 0 Å². The van der Waals surface area contributed by atoms with E-state index in [4.69, 9.17) is 4.74 Å². The van der Waals surface area contributed by atoms with E-state index in [0.717, 1.165) is 37.2 Å². The van der Waals surface area contributed by atoms with Crippen molar-refractivity contribution in [2.24, 2.45) is 17.3 Å². The summed E-state index contributed by atoms with van der Waals surface area (Å²) in [6.45, 7) is 4.39. The molecule has 3 aliphatic rings. The number of hydrogen-bond donors (Lipinski definition) is 0. The highest BCUT2D eigenvalue weighted by Gasteiger charge is 2.42. The lowest BCUT2D eigenvalue weighted by Crippen LogP contribution is -2.45. The lowest BCUT2D eigenvalue weighted by Gasteiger charge is -2.50. The van der Waals surface area contributed by atoms with Gasteiger partial charge in [0, 0.05) is 6.54 Å². The van der Waals surface area contributed by atoms with Gasteiger partial charge in [-0.15, -0.1) is 12.4 Å². The molecule has 1 saturated heterocycles. The molecule has 4 rings (SSSR count). The van der Waals surface area contributed by atoms with Crippen LogP contribution in [0.15, 0.2) is 24.3 Å². The molecule has 152 valence electrons. The summed E-state index contributed by atoms with van der Waals surface area (Å²) in [5.41, 5.74) is 0.680. The Bertz CT molecular complexity index is 570. The molecule has 1 heterocycles. The Morgan fingerprint density at radius 1 is 0.963 bits per heavy atom. The van der Waals surface area contributed by atoms with E-state index in [0.29, 0.717) is 5.41 Å². The van der Waals surface area contributed by atoms with E-state index < -0.39 is 0 Å². The molecule has 27 heavy (non-hydrogen) atoms. The van der Waals surface area contributed by atoms with Gasteiger partial charge in [-0.05, 0) is 93.1 Å². The van der Waals surface area contributed by atoms with E-state index in [-0.39, 0.29) is 18.2 Å². The van der Waals surface area contributed by atoms with Crippen LogP contribution in [0, 0.1) is 23.1 Å². The Hall–Kier alpha value is -0.800. The van der Waals surface area contributed by atoms with Crippen molar-refractivity contribution in [3.8, 4) is 5.75 Å². The maximum Gasteiger partial charge on any atom is 0.123 e. The van der Waals surface area contributed by atoms with Crippen molar-refractivity contribution in [2.45, 2.75) is 64.2 Å². The van der Waals surface area contributed by atoms with Crippen molar-refractivity contribution in [3.63, 3.8) is 0 Å². The number of fused-ring (bicyclic) bond motifs is 1. The minimum Gasteiger partial charge on any atom is -0.494 e. The van der Waals surface area contributed by atoms with E-state index in [1.165, 1.54) is 83.0 Å². The molecule has 4 heteroatoms. The molecule has 0 aromatic heterocycles. The number of likely N-dealkylation sites (tertiary alicyclic amines) is 1. The molecule has 2 saturated carbocycles. The summed E-state index contributed by atoms with van der Waals surface area (Å²) < 4.78 is 18.6. The highest BCUT2D eigenvalue weighted by atomic mass is 35.5. The Morgan fingerprint density at radius 2 is 1.67 bits per heavy atom. The van der Waals surface area contributed by atoms with Gasteiger partial charge < -0.3 is 9.64 Å². The highest BCUT2D eigenvalue weighted by Crippen LogP contribution is 2.52. The molecule has 1 aromatic rings. The van der Waals surface area contributed by atoms with Crippen molar-refractivity contribution < 1.29 is 9.13 Å². The maximum absolute atomic E-state index is 12.9. The first kappa shape index (κ1) is 20.9. The maximum atomic E-state index is 12.9. The molecule has 0 N–H and O–H groups in total. The zero-order valence-corrected chi connectivity index (χ0v) is 17.3. The van der Waals surface area contributed by atoms with Crippen LogP contribution in [0.2, 0.25) is 0 Å². The molecule has 1 aromatic carbocycles.